The number of furan rings is 1. The summed E-state index contributed by atoms with van der Waals surface area (Å²) < 4.78 is 5.17. The quantitative estimate of drug-likeness (QED) is 0.904. The lowest BCUT2D eigenvalue weighted by atomic mass is 9.49. The van der Waals surface area contributed by atoms with Gasteiger partial charge in [-0.1, -0.05) is 26.3 Å². The van der Waals surface area contributed by atoms with Crippen molar-refractivity contribution in [1.82, 2.24) is 0 Å². The molecular formula is C20H28O3. The third kappa shape index (κ3) is 2.59. The van der Waals surface area contributed by atoms with E-state index >= 15 is 0 Å². The van der Waals surface area contributed by atoms with E-state index in [1.54, 1.807) is 12.5 Å². The highest BCUT2D eigenvalue weighted by Crippen LogP contribution is 2.59. The molecule has 2 aliphatic rings. The van der Waals surface area contributed by atoms with Gasteiger partial charge < -0.3 is 9.52 Å². The van der Waals surface area contributed by atoms with Gasteiger partial charge in [0.05, 0.1) is 18.6 Å². The van der Waals surface area contributed by atoms with E-state index in [0.29, 0.717) is 6.42 Å². The summed E-state index contributed by atoms with van der Waals surface area (Å²) in [5.41, 5.74) is 3.24. The van der Waals surface area contributed by atoms with Crippen LogP contribution in [0.4, 0.5) is 0 Å². The average molecular weight is 316 g/mol. The summed E-state index contributed by atoms with van der Waals surface area (Å²) in [5.74, 6) is 0.478. The van der Waals surface area contributed by atoms with E-state index in [2.05, 4.69) is 20.8 Å². The summed E-state index contributed by atoms with van der Waals surface area (Å²) >= 11 is 0. The molecule has 1 saturated carbocycles. The Morgan fingerprint density at radius 3 is 2.70 bits per heavy atom. The third-order valence-corrected chi connectivity index (χ3v) is 6.66. The fourth-order valence-electron chi connectivity index (χ4n) is 5.00. The molecule has 3 atom stereocenters. The van der Waals surface area contributed by atoms with E-state index < -0.39 is 0 Å². The molecule has 1 heterocycles. The number of hydrogen-bond acceptors (Lipinski definition) is 3. The monoisotopic (exact) mass is 316 g/mol. The molecule has 1 fully saturated rings. The summed E-state index contributed by atoms with van der Waals surface area (Å²) in [6, 6.07) is 1.99. The van der Waals surface area contributed by atoms with E-state index in [4.69, 9.17) is 4.42 Å². The molecule has 0 unspecified atom stereocenters. The first-order chi connectivity index (χ1) is 10.8. The van der Waals surface area contributed by atoms with Gasteiger partial charge in [-0.3, -0.25) is 4.79 Å². The zero-order valence-electron chi connectivity index (χ0n) is 14.7. The minimum Gasteiger partial charge on any atom is -0.472 e. The predicted octanol–water partition coefficient (Wildman–Crippen LogP) is 4.30. The van der Waals surface area contributed by atoms with Gasteiger partial charge in [-0.25, -0.2) is 0 Å². The molecule has 1 aromatic heterocycles. The van der Waals surface area contributed by atoms with Gasteiger partial charge in [0.1, 0.15) is 0 Å². The van der Waals surface area contributed by atoms with Crippen LogP contribution in [-0.2, 0) is 11.2 Å². The fraction of sp³-hybridized carbons (Fsp3) is 0.650. The molecule has 0 spiro atoms. The number of carbonyl (C=O) groups is 1. The molecule has 3 heteroatoms. The molecule has 0 radical (unpaired) electrons. The van der Waals surface area contributed by atoms with Crippen molar-refractivity contribution in [1.29, 1.82) is 0 Å². The number of aliphatic hydroxyl groups excluding tert-OH is 1. The number of aliphatic hydroxyl groups is 1. The number of Topliss-reactive ketones (excluding diaryl/α,β-unsaturated/α-hetero) is 1. The molecule has 2 aliphatic carbocycles. The summed E-state index contributed by atoms with van der Waals surface area (Å²) in [7, 11) is 0. The zero-order chi connectivity index (χ0) is 16.8. The normalized spacial score (nSPS) is 33.7. The summed E-state index contributed by atoms with van der Waals surface area (Å²) in [6.45, 7) is 8.56. The Hall–Kier alpha value is -1.35. The smallest absolute Gasteiger partial charge is 0.158 e. The molecule has 3 nitrogen and oxygen atoms in total. The van der Waals surface area contributed by atoms with Crippen molar-refractivity contribution < 1.29 is 14.3 Å². The maximum Gasteiger partial charge on any atom is 0.158 e. The van der Waals surface area contributed by atoms with Gasteiger partial charge in [-0.2, -0.15) is 0 Å². The van der Waals surface area contributed by atoms with Crippen LogP contribution in [0.25, 0.3) is 0 Å². The predicted molar refractivity (Wildman–Crippen MR) is 90.0 cm³/mol. The minimum atomic E-state index is -0.318. The Morgan fingerprint density at radius 1 is 1.30 bits per heavy atom. The maximum atomic E-state index is 12.6. The largest absolute Gasteiger partial charge is 0.472 e. The minimum absolute atomic E-state index is 0.0183. The van der Waals surface area contributed by atoms with Gasteiger partial charge in [0, 0.05) is 6.42 Å². The number of carbonyl (C=O) groups excluding carboxylic acids is 1. The molecule has 0 saturated heterocycles. The van der Waals surface area contributed by atoms with Crippen LogP contribution < -0.4 is 0 Å². The van der Waals surface area contributed by atoms with Crippen LogP contribution in [0.1, 0.15) is 58.9 Å². The third-order valence-electron chi connectivity index (χ3n) is 6.66. The van der Waals surface area contributed by atoms with Gasteiger partial charge in [0.2, 0.25) is 0 Å². The van der Waals surface area contributed by atoms with Crippen molar-refractivity contribution in [2.75, 3.05) is 0 Å². The standard InChI is InChI=1S/C20H28O3/c1-13-15(6-5-14-8-10-23-12-14)20(4)9-7-18(22)19(2,3)17(20)11-16(13)21/h8,10,12,17-18,22H,5-7,9,11H2,1-4H3/t17-,18-,20+/m0/s1. The molecule has 0 bridgehead atoms. The number of aryl methyl sites for hydroxylation is 1. The zero-order valence-corrected chi connectivity index (χ0v) is 14.7. The Morgan fingerprint density at radius 2 is 2.04 bits per heavy atom. The molecule has 1 aromatic rings. The first-order valence-electron chi connectivity index (χ1n) is 8.69. The SMILES string of the molecule is CC1=C(CCc2ccoc2)[C@@]2(C)CC[C@H](O)C(C)(C)[C@@H]2CC1=O. The van der Waals surface area contributed by atoms with Crippen molar-refractivity contribution in [2.24, 2.45) is 16.7 Å². The Labute approximate surface area is 138 Å². The van der Waals surface area contributed by atoms with Gasteiger partial charge in [0.25, 0.3) is 0 Å². The lowest BCUT2D eigenvalue weighted by molar-refractivity contribution is -0.129. The molecule has 0 amide bonds. The van der Waals surface area contributed by atoms with Crippen LogP contribution >= 0.6 is 0 Å². The molecule has 126 valence electrons. The fourth-order valence-corrected chi connectivity index (χ4v) is 5.00. The highest BCUT2D eigenvalue weighted by Gasteiger charge is 2.55. The van der Waals surface area contributed by atoms with Crippen molar-refractivity contribution >= 4 is 5.78 Å². The lowest BCUT2D eigenvalue weighted by Gasteiger charge is -2.56. The van der Waals surface area contributed by atoms with Crippen molar-refractivity contribution in [3.05, 3.63) is 35.3 Å². The van der Waals surface area contributed by atoms with Crippen LogP contribution in [0.15, 0.2) is 34.2 Å². The van der Waals surface area contributed by atoms with Crippen LogP contribution in [0.2, 0.25) is 0 Å². The second-order valence-corrected chi connectivity index (χ2v) is 8.21. The van der Waals surface area contributed by atoms with Gasteiger partial charge in [-0.05, 0) is 66.6 Å². The van der Waals surface area contributed by atoms with Gasteiger partial charge in [0.15, 0.2) is 5.78 Å². The first kappa shape index (κ1) is 16.5. The summed E-state index contributed by atoms with van der Waals surface area (Å²) in [5, 5.41) is 10.5. The first-order valence-corrected chi connectivity index (χ1v) is 8.69. The van der Waals surface area contributed by atoms with E-state index in [1.807, 2.05) is 13.0 Å². The van der Waals surface area contributed by atoms with Crippen molar-refractivity contribution in [3.63, 3.8) is 0 Å². The number of ketones is 1. The van der Waals surface area contributed by atoms with Gasteiger partial charge >= 0.3 is 0 Å². The van der Waals surface area contributed by atoms with Gasteiger partial charge in [-0.15, -0.1) is 0 Å². The number of hydrogen-bond donors (Lipinski definition) is 1. The lowest BCUT2D eigenvalue weighted by Crippen LogP contribution is -2.53. The molecule has 0 aromatic carbocycles. The second kappa shape index (κ2) is 5.62. The number of allylic oxidation sites excluding steroid dienone is 2. The van der Waals surface area contributed by atoms with E-state index in [0.717, 1.165) is 31.3 Å². The summed E-state index contributed by atoms with van der Waals surface area (Å²) in [4.78, 5) is 12.6. The average Bonchev–Trinajstić information content (AvgIpc) is 3.00. The number of fused-ring (bicyclic) bond motifs is 1. The molecule has 1 N–H and O–H groups in total. The van der Waals surface area contributed by atoms with Crippen LogP contribution in [-0.4, -0.2) is 17.0 Å². The van der Waals surface area contributed by atoms with Crippen LogP contribution in [0.5, 0.6) is 0 Å². The number of rotatable bonds is 3. The maximum absolute atomic E-state index is 12.6. The van der Waals surface area contributed by atoms with E-state index in [1.165, 1.54) is 11.1 Å². The molecule has 3 rings (SSSR count). The second-order valence-electron chi connectivity index (χ2n) is 8.21. The molecule has 23 heavy (non-hydrogen) atoms. The van der Waals surface area contributed by atoms with E-state index in [9.17, 15) is 9.90 Å². The molecule has 0 aliphatic heterocycles. The van der Waals surface area contributed by atoms with Crippen LogP contribution in [0, 0.1) is 16.7 Å². The van der Waals surface area contributed by atoms with Crippen LogP contribution in [0.3, 0.4) is 0 Å². The molecular weight excluding hydrogens is 288 g/mol. The Kier molecular flexibility index (Phi) is 4.04. The Bertz CT molecular complexity index is 623. The van der Waals surface area contributed by atoms with Crippen molar-refractivity contribution in [2.45, 2.75) is 65.9 Å². The summed E-state index contributed by atoms with van der Waals surface area (Å²) in [6.07, 6.45) is 7.33. The van der Waals surface area contributed by atoms with Crippen molar-refractivity contribution in [3.8, 4) is 0 Å². The topological polar surface area (TPSA) is 50.4 Å². The highest BCUT2D eigenvalue weighted by atomic mass is 16.3. The Balaban J connectivity index is 1.95. The van der Waals surface area contributed by atoms with E-state index in [-0.39, 0.29) is 28.6 Å². The highest BCUT2D eigenvalue weighted by molar-refractivity contribution is 5.97.